The highest BCUT2D eigenvalue weighted by atomic mass is 16.6. The van der Waals surface area contributed by atoms with E-state index in [1.54, 1.807) is 6.20 Å². The van der Waals surface area contributed by atoms with Crippen molar-refractivity contribution in [2.24, 2.45) is 0 Å². The number of amides is 1. The van der Waals surface area contributed by atoms with Crippen LogP contribution < -0.4 is 4.90 Å². The summed E-state index contributed by atoms with van der Waals surface area (Å²) in [7, 11) is 0. The van der Waals surface area contributed by atoms with Crippen molar-refractivity contribution >= 4 is 23.1 Å². The van der Waals surface area contributed by atoms with Crippen LogP contribution in [-0.2, 0) is 9.47 Å². The van der Waals surface area contributed by atoms with Gasteiger partial charge in [-0.15, -0.1) is 0 Å². The Bertz CT molecular complexity index is 725. The molecule has 0 bridgehead atoms. The van der Waals surface area contributed by atoms with E-state index in [2.05, 4.69) is 15.0 Å². The Balaban J connectivity index is 2.37. The van der Waals surface area contributed by atoms with Crippen molar-refractivity contribution in [1.29, 1.82) is 0 Å². The van der Waals surface area contributed by atoms with E-state index in [9.17, 15) is 4.79 Å². The van der Waals surface area contributed by atoms with Gasteiger partial charge in [-0.2, -0.15) is 4.98 Å². The fraction of sp³-hybridized carbons (Fsp3) is 0.588. The van der Waals surface area contributed by atoms with Crippen LogP contribution in [0.3, 0.4) is 0 Å². The highest BCUT2D eigenvalue weighted by molar-refractivity contribution is 5.87. The highest BCUT2D eigenvalue weighted by Gasteiger charge is 2.27. The average Bonchev–Trinajstić information content (AvgIpc) is 2.84. The molecule has 24 heavy (non-hydrogen) atoms. The summed E-state index contributed by atoms with van der Waals surface area (Å²) in [4.78, 5) is 25.8. The molecule has 0 aliphatic rings. The number of ether oxygens (including phenoxy) is 2. The van der Waals surface area contributed by atoms with Gasteiger partial charge in [0.25, 0.3) is 0 Å². The quantitative estimate of drug-likeness (QED) is 0.864. The summed E-state index contributed by atoms with van der Waals surface area (Å²) >= 11 is 0. The smallest absolute Gasteiger partial charge is 0.419 e. The lowest BCUT2D eigenvalue weighted by molar-refractivity contribution is -0.00794. The third-order valence-electron chi connectivity index (χ3n) is 3.08. The summed E-state index contributed by atoms with van der Waals surface area (Å²) in [6.45, 7) is 13.1. The van der Waals surface area contributed by atoms with Crippen LogP contribution in [0.5, 0.6) is 0 Å². The van der Waals surface area contributed by atoms with Crippen LogP contribution in [0.2, 0.25) is 0 Å². The summed E-state index contributed by atoms with van der Waals surface area (Å²) in [5, 5.41) is 0.916. The number of aromatic amines is 1. The van der Waals surface area contributed by atoms with Gasteiger partial charge in [0.1, 0.15) is 18.0 Å². The minimum atomic E-state index is -0.622. The van der Waals surface area contributed by atoms with E-state index >= 15 is 0 Å². The SMILES string of the molecule is Cc1nc(N(COC(C)(C)C)C(=O)OC(C)(C)C)nc2[nH]ccc12. The Labute approximate surface area is 142 Å². The predicted octanol–water partition coefficient (Wildman–Crippen LogP) is 3.78. The van der Waals surface area contributed by atoms with Crippen molar-refractivity contribution in [3.63, 3.8) is 0 Å². The van der Waals surface area contributed by atoms with E-state index in [-0.39, 0.29) is 12.7 Å². The lowest BCUT2D eigenvalue weighted by Crippen LogP contribution is -2.41. The molecule has 0 aliphatic carbocycles. The normalized spacial score (nSPS) is 12.5. The van der Waals surface area contributed by atoms with Crippen molar-refractivity contribution < 1.29 is 14.3 Å². The maximum Gasteiger partial charge on any atom is 0.419 e. The number of hydrogen-bond acceptors (Lipinski definition) is 5. The topological polar surface area (TPSA) is 80.3 Å². The molecule has 1 N–H and O–H groups in total. The summed E-state index contributed by atoms with van der Waals surface area (Å²) in [5.41, 5.74) is 0.413. The molecular weight excluding hydrogens is 308 g/mol. The van der Waals surface area contributed by atoms with Crippen LogP contribution in [-0.4, -0.2) is 39.0 Å². The van der Waals surface area contributed by atoms with Gasteiger partial charge in [0, 0.05) is 11.6 Å². The van der Waals surface area contributed by atoms with Gasteiger partial charge in [0.15, 0.2) is 0 Å². The zero-order chi connectivity index (χ0) is 18.1. The van der Waals surface area contributed by atoms with Gasteiger partial charge >= 0.3 is 6.09 Å². The summed E-state index contributed by atoms with van der Waals surface area (Å²) < 4.78 is 11.2. The molecule has 2 rings (SSSR count). The first-order valence-corrected chi connectivity index (χ1v) is 7.92. The van der Waals surface area contributed by atoms with Crippen molar-refractivity contribution in [2.45, 2.75) is 59.7 Å². The molecule has 0 fully saturated rings. The fourth-order valence-electron chi connectivity index (χ4n) is 1.97. The minimum Gasteiger partial charge on any atom is -0.443 e. The molecule has 132 valence electrons. The van der Waals surface area contributed by atoms with Crippen LogP contribution in [0.15, 0.2) is 12.3 Å². The number of nitrogens with zero attached hydrogens (tertiary/aromatic N) is 3. The third-order valence-corrected chi connectivity index (χ3v) is 3.08. The van der Waals surface area contributed by atoms with E-state index in [1.807, 2.05) is 54.5 Å². The molecule has 0 spiro atoms. The monoisotopic (exact) mass is 334 g/mol. The first kappa shape index (κ1) is 18.2. The van der Waals surface area contributed by atoms with Crippen LogP contribution in [0.1, 0.15) is 47.2 Å². The minimum absolute atomic E-state index is 0.00404. The van der Waals surface area contributed by atoms with E-state index in [4.69, 9.17) is 9.47 Å². The molecule has 7 nitrogen and oxygen atoms in total. The van der Waals surface area contributed by atoms with Gasteiger partial charge in [-0.25, -0.2) is 14.7 Å². The molecule has 0 radical (unpaired) electrons. The van der Waals surface area contributed by atoms with E-state index in [0.717, 1.165) is 11.1 Å². The number of anilines is 1. The van der Waals surface area contributed by atoms with E-state index < -0.39 is 17.3 Å². The summed E-state index contributed by atoms with van der Waals surface area (Å²) in [6, 6.07) is 1.90. The molecule has 2 aromatic heterocycles. The van der Waals surface area contributed by atoms with Crippen molar-refractivity contribution in [3.8, 4) is 0 Å². The van der Waals surface area contributed by atoms with Crippen molar-refractivity contribution in [1.82, 2.24) is 15.0 Å². The average molecular weight is 334 g/mol. The summed E-state index contributed by atoms with van der Waals surface area (Å²) in [6.07, 6.45) is 1.25. The number of aryl methyl sites for hydroxylation is 1. The Morgan fingerprint density at radius 3 is 2.42 bits per heavy atom. The maximum atomic E-state index is 12.6. The highest BCUT2D eigenvalue weighted by Crippen LogP contribution is 2.21. The molecule has 0 unspecified atom stereocenters. The van der Waals surface area contributed by atoms with E-state index in [1.165, 1.54) is 4.90 Å². The molecule has 1 amide bonds. The second kappa shape index (κ2) is 6.39. The van der Waals surface area contributed by atoms with Gasteiger partial charge in [0.05, 0.1) is 11.3 Å². The van der Waals surface area contributed by atoms with Crippen molar-refractivity contribution in [3.05, 3.63) is 18.0 Å². The zero-order valence-corrected chi connectivity index (χ0v) is 15.4. The first-order chi connectivity index (χ1) is 11.0. The Hall–Kier alpha value is -2.15. The molecule has 0 aromatic carbocycles. The van der Waals surface area contributed by atoms with Crippen molar-refractivity contribution in [2.75, 3.05) is 11.6 Å². The fourth-order valence-corrected chi connectivity index (χ4v) is 1.97. The maximum absolute atomic E-state index is 12.6. The van der Waals surface area contributed by atoms with Crippen LogP contribution in [0, 0.1) is 6.92 Å². The molecule has 0 saturated heterocycles. The van der Waals surface area contributed by atoms with Gasteiger partial charge in [0.2, 0.25) is 5.95 Å². The number of carbonyl (C=O) groups is 1. The second-order valence-electron chi connectivity index (χ2n) is 7.64. The summed E-state index contributed by atoms with van der Waals surface area (Å²) in [5.74, 6) is 0.251. The Morgan fingerprint density at radius 2 is 1.83 bits per heavy atom. The van der Waals surface area contributed by atoms with E-state index in [0.29, 0.717) is 5.65 Å². The molecule has 7 heteroatoms. The molecule has 2 aromatic rings. The standard InChI is InChI=1S/C17H26N4O3/c1-11-12-8-9-18-13(12)20-14(19-11)21(10-23-16(2,3)4)15(22)24-17(5,6)7/h8-9H,10H2,1-7H3,(H,18,19,20). The molecular formula is C17H26N4O3. The lowest BCUT2D eigenvalue weighted by Gasteiger charge is -2.28. The first-order valence-electron chi connectivity index (χ1n) is 7.92. The largest absolute Gasteiger partial charge is 0.443 e. The number of aromatic nitrogens is 3. The molecule has 0 aliphatic heterocycles. The second-order valence-corrected chi connectivity index (χ2v) is 7.64. The van der Waals surface area contributed by atoms with Crippen LogP contribution in [0.25, 0.3) is 11.0 Å². The van der Waals surface area contributed by atoms with Gasteiger partial charge in [-0.1, -0.05) is 0 Å². The van der Waals surface area contributed by atoms with Crippen LogP contribution >= 0.6 is 0 Å². The van der Waals surface area contributed by atoms with Gasteiger partial charge < -0.3 is 14.5 Å². The van der Waals surface area contributed by atoms with Gasteiger partial charge in [-0.3, -0.25) is 0 Å². The third kappa shape index (κ3) is 4.67. The lowest BCUT2D eigenvalue weighted by atomic mass is 10.2. The number of rotatable bonds is 3. The predicted molar refractivity (Wildman–Crippen MR) is 93.0 cm³/mol. The Kier molecular flexibility index (Phi) is 4.85. The number of H-pyrrole nitrogens is 1. The Morgan fingerprint density at radius 1 is 1.17 bits per heavy atom. The van der Waals surface area contributed by atoms with Gasteiger partial charge in [-0.05, 0) is 54.5 Å². The number of carbonyl (C=O) groups excluding carboxylic acids is 1. The molecule has 0 saturated carbocycles. The number of fused-ring (bicyclic) bond motifs is 1. The molecule has 0 atom stereocenters. The zero-order valence-electron chi connectivity index (χ0n) is 15.4. The number of nitrogens with one attached hydrogen (secondary N) is 1. The number of hydrogen-bond donors (Lipinski definition) is 1. The molecule has 2 heterocycles. The van der Waals surface area contributed by atoms with Crippen LogP contribution in [0.4, 0.5) is 10.7 Å².